The molecule has 0 aromatic rings. The van der Waals surface area contributed by atoms with Gasteiger partial charge in [-0.3, -0.25) is 19.2 Å². The van der Waals surface area contributed by atoms with Gasteiger partial charge >= 0.3 is 69.1 Å². The summed E-state index contributed by atoms with van der Waals surface area (Å²) >= 11 is 0. The van der Waals surface area contributed by atoms with Gasteiger partial charge in [-0.05, 0) is 35.5 Å². The topological polar surface area (TPSA) is 474 Å². The summed E-state index contributed by atoms with van der Waals surface area (Å²) in [5.41, 5.74) is -3.66. The number of aliphatic hydroxyl groups excluding tert-OH is 9. The van der Waals surface area contributed by atoms with E-state index in [9.17, 15) is 90.4 Å². The van der Waals surface area contributed by atoms with Crippen molar-refractivity contribution in [2.75, 3.05) is 39.6 Å². The minimum absolute atomic E-state index is 0. The SMILES string of the molecule is CC(=O)OCC1OC(OC2C(COC(C)=O)OC(OS(=O)(=O)C(F)(F)F)C(C)C2C)C(O)C(C)C1C.CC(=O)OCC1OC(OC2C(COC(C)=O)OC([18F])C(C)C2C)C(O)C(C)C1C.N[N-]O.OCC1OC(OC2C(CO)OC([18F])C(O)C2O)C(O)C(O)C1O.[Na+]. The number of nitrogens with two attached hydrogens (primary N) is 1. The van der Waals surface area contributed by atoms with Gasteiger partial charge in [-0.2, -0.15) is 21.6 Å². The predicted molar refractivity (Wildman–Crippen MR) is 290 cm³/mol. The van der Waals surface area contributed by atoms with Gasteiger partial charge in [0.1, 0.15) is 99.7 Å². The third-order valence-electron chi connectivity index (χ3n) is 16.8. The minimum Gasteiger partial charge on any atom is -0.488 e. The number of ether oxygens (including phenoxy) is 13. The Morgan fingerprint density at radius 2 is 0.772 bits per heavy atom. The zero-order valence-corrected chi connectivity index (χ0v) is 55.8. The maximum absolute atomic E-state index is 14.2. The van der Waals surface area contributed by atoms with Gasteiger partial charge in [0, 0.05) is 39.5 Å². The molecule has 0 spiro atoms. The summed E-state index contributed by atoms with van der Waals surface area (Å²) < 4.78 is 163. The van der Waals surface area contributed by atoms with Gasteiger partial charge in [-0.1, -0.05) is 55.4 Å². The van der Waals surface area contributed by atoms with Crippen LogP contribution in [0.15, 0.2) is 0 Å². The molecular formula is C53H90F5N2NaO30S. The minimum atomic E-state index is -5.98. The number of aliphatic hydroxyl groups is 9. The molecule has 0 radical (unpaired) electrons. The third-order valence-corrected chi connectivity index (χ3v) is 17.8. The van der Waals surface area contributed by atoms with Crippen LogP contribution in [-0.2, 0) is 95.1 Å². The van der Waals surface area contributed by atoms with Gasteiger partial charge in [0.15, 0.2) is 25.2 Å². The third kappa shape index (κ3) is 23.4. The molecule has 39 heteroatoms. The fraction of sp³-hybridized carbons (Fsp3) is 0.925. The molecule has 0 bridgehead atoms. The molecule has 12 N–H and O–H groups in total. The van der Waals surface area contributed by atoms with Crippen LogP contribution in [0.1, 0.15) is 83.1 Å². The van der Waals surface area contributed by atoms with E-state index in [4.69, 9.17) is 67.2 Å². The molecule has 534 valence electrons. The Balaban J connectivity index is 0.000000467. The molecule has 0 aliphatic carbocycles. The molecule has 6 saturated heterocycles. The predicted octanol–water partition coefficient (Wildman–Crippen LogP) is -4.25. The summed E-state index contributed by atoms with van der Waals surface area (Å²) in [6.45, 7) is 16.6. The average molecular weight is 1380 g/mol. The molecule has 6 heterocycles. The molecule has 6 fully saturated rings. The van der Waals surface area contributed by atoms with Crippen LogP contribution >= 0.6 is 0 Å². The quantitative estimate of drug-likeness (QED) is 0.00905. The second kappa shape index (κ2) is 38.7. The van der Waals surface area contributed by atoms with Crippen LogP contribution in [0.5, 0.6) is 0 Å². The summed E-state index contributed by atoms with van der Waals surface area (Å²) in [4.78, 5) is 45.0. The van der Waals surface area contributed by atoms with E-state index < -0.39 is 213 Å². The largest absolute Gasteiger partial charge is 1.00 e. The molecule has 0 amide bonds. The summed E-state index contributed by atoms with van der Waals surface area (Å²) in [6, 6.07) is 0. The summed E-state index contributed by atoms with van der Waals surface area (Å²) in [5, 5.41) is 95.2. The molecule has 30 unspecified atom stereocenters. The second-order valence-electron chi connectivity index (χ2n) is 23.0. The van der Waals surface area contributed by atoms with E-state index in [1.54, 1.807) is 27.7 Å². The smallest absolute Gasteiger partial charge is 0.488 e. The average Bonchev–Trinajstić information content (AvgIpc) is 0.804. The zero-order valence-electron chi connectivity index (χ0n) is 53.0. The zero-order chi connectivity index (χ0) is 69.5. The van der Waals surface area contributed by atoms with Crippen molar-refractivity contribution >= 4 is 34.0 Å². The molecule has 30 atom stereocenters. The van der Waals surface area contributed by atoms with Crippen LogP contribution < -0.4 is 35.4 Å². The molecule has 32 nitrogen and oxygen atoms in total. The second-order valence-corrected chi connectivity index (χ2v) is 24.6. The van der Waals surface area contributed by atoms with Gasteiger partial charge in [-0.15, -0.1) is 0 Å². The molecule has 0 aromatic carbocycles. The standard InChI is InChI=1S/C21H33F3O11S.C20H33FO8.C12H21FO10.H3N2O.Na/c1-9-10(2)17(27)20(32-15(9)7-30-13(5)25)34-18-11(3)12(4)19(33-16(18)8-31-14(6)26)35-36(28,29)21(22,23)24;1-9-10(2)17(24)20(28-15(9)7-25-13(5)22)29-18-11(3)12(4)19(21)27-16(18)8-26-14(6)23;13-11-8(19)7(18)10(4(2-15)21-11)23-12-9(20)6(17)5(16)3(1-14)22-12;1-2-3;/h9-12,15-20,27H,7-8H2,1-6H3;9-12,15-20,24H,7-8H2,1-6H3;3-12,14-20H,1-2H2;3H,1H2;/q;;;-1;+1/i;21-1;13-1;;. The van der Waals surface area contributed by atoms with E-state index in [2.05, 4.69) is 14.8 Å². The van der Waals surface area contributed by atoms with Crippen LogP contribution in [0, 0.1) is 47.3 Å². The van der Waals surface area contributed by atoms with Crippen LogP contribution in [0.3, 0.4) is 0 Å². The molecule has 6 aliphatic rings. The number of hydrogen-bond acceptors (Lipinski definition) is 31. The van der Waals surface area contributed by atoms with E-state index in [0.717, 1.165) is 6.92 Å². The van der Waals surface area contributed by atoms with Gasteiger partial charge < -0.3 is 124 Å². The van der Waals surface area contributed by atoms with Crippen molar-refractivity contribution in [2.24, 2.45) is 53.2 Å². The van der Waals surface area contributed by atoms with Crippen molar-refractivity contribution < 1.29 is 196 Å². The van der Waals surface area contributed by atoms with E-state index in [0.29, 0.717) is 0 Å². The Morgan fingerprint density at radius 1 is 0.435 bits per heavy atom. The first-order valence-corrected chi connectivity index (χ1v) is 30.3. The van der Waals surface area contributed by atoms with Crippen molar-refractivity contribution in [3.63, 3.8) is 0 Å². The summed E-state index contributed by atoms with van der Waals surface area (Å²) in [6.07, 6.45) is -29.3. The van der Waals surface area contributed by atoms with Gasteiger partial charge in [-0.25, -0.2) is 13.0 Å². The molecule has 0 saturated carbocycles. The Labute approximate surface area is 550 Å². The number of hydrogen-bond donors (Lipinski definition) is 11. The van der Waals surface area contributed by atoms with Crippen LogP contribution in [0.4, 0.5) is 22.0 Å². The van der Waals surface area contributed by atoms with Crippen LogP contribution in [-0.4, -0.2) is 264 Å². The van der Waals surface area contributed by atoms with Crippen molar-refractivity contribution in [3.8, 4) is 0 Å². The Kier molecular flexibility index (Phi) is 36.0. The number of alkyl halides is 5. The van der Waals surface area contributed by atoms with E-state index in [1.165, 1.54) is 27.7 Å². The van der Waals surface area contributed by atoms with Gasteiger partial charge in [0.2, 0.25) is 12.7 Å². The fourth-order valence-corrected chi connectivity index (χ4v) is 10.9. The van der Waals surface area contributed by atoms with Gasteiger partial charge in [0.25, 0.3) is 0 Å². The number of nitrogens with zero attached hydrogens (tertiary/aromatic N) is 1. The van der Waals surface area contributed by atoms with E-state index >= 15 is 0 Å². The molecule has 92 heavy (non-hydrogen) atoms. The molecule has 0 aromatic heterocycles. The van der Waals surface area contributed by atoms with Gasteiger partial charge in [0.05, 0.1) is 37.6 Å². The van der Waals surface area contributed by atoms with Crippen molar-refractivity contribution in [3.05, 3.63) is 5.59 Å². The Bertz CT molecular complexity index is 2350. The number of carbonyl (C=O) groups is 4. The number of esters is 4. The molecule has 6 rings (SSSR count). The number of halogens is 5. The maximum atomic E-state index is 14.2. The normalized spacial score (nSPS) is 41.4. The number of carbonyl (C=O) groups excluding carboxylic acids is 4. The summed E-state index contributed by atoms with van der Waals surface area (Å²) in [5.74, 6) is -1.36. The first-order valence-electron chi connectivity index (χ1n) is 28.9. The van der Waals surface area contributed by atoms with Crippen molar-refractivity contribution in [2.45, 2.75) is 224 Å². The molecule has 6 aliphatic heterocycles. The Morgan fingerprint density at radius 3 is 1.16 bits per heavy atom. The monoisotopic (exact) mass is 1380 g/mol. The van der Waals surface area contributed by atoms with Crippen molar-refractivity contribution in [1.29, 1.82) is 0 Å². The number of rotatable bonds is 18. The fourth-order valence-electron chi connectivity index (χ4n) is 10.3. The first-order chi connectivity index (χ1) is 42.2. The maximum Gasteiger partial charge on any atom is 1.00 e. The summed E-state index contributed by atoms with van der Waals surface area (Å²) in [7, 11) is -5.98. The van der Waals surface area contributed by atoms with E-state index in [-0.39, 0.29) is 79.0 Å². The van der Waals surface area contributed by atoms with Crippen LogP contribution in [0.2, 0.25) is 0 Å². The van der Waals surface area contributed by atoms with Crippen molar-refractivity contribution in [1.82, 2.24) is 0 Å². The first kappa shape index (κ1) is 85.7. The van der Waals surface area contributed by atoms with Crippen LogP contribution in [0.25, 0.3) is 5.59 Å². The van der Waals surface area contributed by atoms with E-state index in [1.807, 2.05) is 26.4 Å². The Hall–Kier alpha value is -2.40. The molecular weight excluding hydrogens is 1290 g/mol.